The van der Waals surface area contributed by atoms with Crippen LogP contribution in [0, 0.1) is 0 Å². The molecular weight excluding hydrogens is 222 g/mol. The molecule has 0 saturated carbocycles. The first kappa shape index (κ1) is 11.1. The van der Waals surface area contributed by atoms with Crippen LogP contribution < -0.4 is 10.9 Å². The van der Waals surface area contributed by atoms with Crippen molar-refractivity contribution in [1.29, 1.82) is 0 Å². The van der Waals surface area contributed by atoms with Gasteiger partial charge in [-0.1, -0.05) is 0 Å². The Balaban J connectivity index is 2.04. The maximum absolute atomic E-state index is 11.7. The highest BCUT2D eigenvalue weighted by Gasteiger charge is 2.08. The van der Waals surface area contributed by atoms with Gasteiger partial charge in [0.2, 0.25) is 0 Å². The average molecular weight is 233 g/mol. The third kappa shape index (κ3) is 2.60. The molecule has 6 nitrogen and oxygen atoms in total. The second-order valence-electron chi connectivity index (χ2n) is 3.44. The van der Waals surface area contributed by atoms with Crippen molar-refractivity contribution in [3.8, 4) is 0 Å². The molecule has 0 aliphatic rings. The summed E-state index contributed by atoms with van der Waals surface area (Å²) in [6.07, 6.45) is 1.53. The summed E-state index contributed by atoms with van der Waals surface area (Å²) in [5.74, 6) is 0.306. The molecule has 2 aromatic heterocycles. The maximum Gasteiger partial charge on any atom is 0.272 e. The molecule has 2 rings (SSSR count). The Hall–Kier alpha value is -2.37. The molecule has 0 atom stereocenters. The summed E-state index contributed by atoms with van der Waals surface area (Å²) in [5.41, 5.74) is -0.0637. The van der Waals surface area contributed by atoms with Crippen LogP contribution in [-0.4, -0.2) is 15.7 Å². The summed E-state index contributed by atoms with van der Waals surface area (Å²) in [6.45, 7) is 0.288. The summed E-state index contributed by atoms with van der Waals surface area (Å²) < 4.78 is 6.19. The van der Waals surface area contributed by atoms with Gasteiger partial charge in [0.1, 0.15) is 11.5 Å². The van der Waals surface area contributed by atoms with Gasteiger partial charge < -0.3 is 9.73 Å². The minimum Gasteiger partial charge on any atom is -0.467 e. The topological polar surface area (TPSA) is 77.1 Å². The van der Waals surface area contributed by atoms with E-state index in [-0.39, 0.29) is 23.7 Å². The number of amides is 1. The van der Waals surface area contributed by atoms with Crippen LogP contribution in [0.3, 0.4) is 0 Å². The van der Waals surface area contributed by atoms with Crippen molar-refractivity contribution in [3.05, 3.63) is 52.3 Å². The summed E-state index contributed by atoms with van der Waals surface area (Å²) in [4.78, 5) is 22.8. The Kier molecular flexibility index (Phi) is 3.04. The van der Waals surface area contributed by atoms with Crippen molar-refractivity contribution in [3.63, 3.8) is 0 Å². The zero-order valence-electron chi connectivity index (χ0n) is 9.21. The lowest BCUT2D eigenvalue weighted by Gasteiger charge is -2.03. The Morgan fingerprint density at radius 1 is 1.47 bits per heavy atom. The molecule has 17 heavy (non-hydrogen) atoms. The number of carbonyl (C=O) groups excluding carboxylic acids is 1. The standard InChI is InChI=1S/C11H11N3O3/c1-14-10(15)5-4-9(13-14)11(16)12-7-8-3-2-6-17-8/h2-6H,7H2,1H3,(H,12,16). The lowest BCUT2D eigenvalue weighted by atomic mass is 10.3. The molecule has 0 bridgehead atoms. The van der Waals surface area contributed by atoms with Crippen LogP contribution in [-0.2, 0) is 13.6 Å². The lowest BCUT2D eigenvalue weighted by molar-refractivity contribution is 0.0940. The summed E-state index contributed by atoms with van der Waals surface area (Å²) >= 11 is 0. The first-order chi connectivity index (χ1) is 8.16. The van der Waals surface area contributed by atoms with Crippen LogP contribution in [0.1, 0.15) is 16.2 Å². The van der Waals surface area contributed by atoms with Gasteiger partial charge in [-0.3, -0.25) is 9.59 Å². The molecule has 0 spiro atoms. The first-order valence-electron chi connectivity index (χ1n) is 5.02. The molecule has 0 aliphatic carbocycles. The predicted octanol–water partition coefficient (Wildman–Crippen LogP) is 0.303. The van der Waals surface area contributed by atoms with Crippen LogP contribution >= 0.6 is 0 Å². The SMILES string of the molecule is Cn1nc(C(=O)NCc2ccco2)ccc1=O. The minimum absolute atomic E-state index is 0.193. The number of rotatable bonds is 3. The molecular formula is C11H11N3O3. The molecule has 6 heteroatoms. The number of carbonyl (C=O) groups is 1. The second kappa shape index (κ2) is 4.65. The fourth-order valence-electron chi connectivity index (χ4n) is 1.29. The number of aromatic nitrogens is 2. The van der Waals surface area contributed by atoms with Gasteiger partial charge in [0.25, 0.3) is 11.5 Å². The van der Waals surface area contributed by atoms with E-state index in [2.05, 4.69) is 10.4 Å². The van der Waals surface area contributed by atoms with Crippen molar-refractivity contribution < 1.29 is 9.21 Å². The maximum atomic E-state index is 11.7. The fourth-order valence-corrected chi connectivity index (χ4v) is 1.29. The minimum atomic E-state index is -0.350. The van der Waals surface area contributed by atoms with Crippen molar-refractivity contribution >= 4 is 5.91 Å². The largest absolute Gasteiger partial charge is 0.467 e. The highest BCUT2D eigenvalue weighted by molar-refractivity contribution is 5.91. The van der Waals surface area contributed by atoms with E-state index < -0.39 is 0 Å². The molecule has 1 N–H and O–H groups in total. The van der Waals surface area contributed by atoms with Gasteiger partial charge in [-0.2, -0.15) is 5.10 Å². The highest BCUT2D eigenvalue weighted by Crippen LogP contribution is 1.99. The van der Waals surface area contributed by atoms with Crippen molar-refractivity contribution in [2.45, 2.75) is 6.54 Å². The van der Waals surface area contributed by atoms with Gasteiger partial charge in [-0.15, -0.1) is 0 Å². The normalized spacial score (nSPS) is 10.2. The number of hydrogen-bond donors (Lipinski definition) is 1. The number of hydrogen-bond acceptors (Lipinski definition) is 4. The van der Waals surface area contributed by atoms with Gasteiger partial charge in [-0.25, -0.2) is 4.68 Å². The van der Waals surface area contributed by atoms with E-state index in [1.54, 1.807) is 12.1 Å². The summed E-state index contributed by atoms with van der Waals surface area (Å²) in [6, 6.07) is 6.19. The van der Waals surface area contributed by atoms with Gasteiger partial charge in [0.15, 0.2) is 0 Å². The van der Waals surface area contributed by atoms with E-state index >= 15 is 0 Å². The molecule has 0 aliphatic heterocycles. The van der Waals surface area contributed by atoms with E-state index in [4.69, 9.17) is 4.42 Å². The van der Waals surface area contributed by atoms with Gasteiger partial charge in [0, 0.05) is 13.1 Å². The molecule has 0 radical (unpaired) electrons. The van der Waals surface area contributed by atoms with E-state index in [0.29, 0.717) is 5.76 Å². The molecule has 0 fully saturated rings. The van der Waals surface area contributed by atoms with Crippen LogP contribution in [0.5, 0.6) is 0 Å². The fraction of sp³-hybridized carbons (Fsp3) is 0.182. The predicted molar refractivity (Wildman–Crippen MR) is 59.4 cm³/mol. The average Bonchev–Trinajstić information content (AvgIpc) is 2.82. The van der Waals surface area contributed by atoms with E-state index in [9.17, 15) is 9.59 Å². The summed E-state index contributed by atoms with van der Waals surface area (Å²) in [7, 11) is 1.49. The van der Waals surface area contributed by atoms with Crippen LogP contribution in [0.4, 0.5) is 0 Å². The zero-order valence-corrected chi connectivity index (χ0v) is 9.21. The van der Waals surface area contributed by atoms with E-state index in [0.717, 1.165) is 4.68 Å². The molecule has 2 aromatic rings. The third-order valence-corrected chi connectivity index (χ3v) is 2.20. The second-order valence-corrected chi connectivity index (χ2v) is 3.44. The number of nitrogens with one attached hydrogen (secondary N) is 1. The smallest absolute Gasteiger partial charge is 0.272 e. The highest BCUT2D eigenvalue weighted by atomic mass is 16.3. The molecule has 0 unspecified atom stereocenters. The monoisotopic (exact) mass is 233 g/mol. The Morgan fingerprint density at radius 2 is 2.29 bits per heavy atom. The van der Waals surface area contributed by atoms with Crippen molar-refractivity contribution in [1.82, 2.24) is 15.1 Å². The van der Waals surface area contributed by atoms with E-state index in [1.807, 2.05) is 0 Å². The van der Waals surface area contributed by atoms with Gasteiger partial charge in [-0.05, 0) is 18.2 Å². The lowest BCUT2D eigenvalue weighted by Crippen LogP contribution is -2.27. The quantitative estimate of drug-likeness (QED) is 0.827. The molecule has 88 valence electrons. The number of furan rings is 1. The van der Waals surface area contributed by atoms with Crippen LogP contribution in [0.25, 0.3) is 0 Å². The van der Waals surface area contributed by atoms with Gasteiger partial charge in [0.05, 0.1) is 12.8 Å². The Labute approximate surface area is 96.9 Å². The molecule has 2 heterocycles. The van der Waals surface area contributed by atoms with Crippen molar-refractivity contribution in [2.24, 2.45) is 7.05 Å². The van der Waals surface area contributed by atoms with Crippen molar-refractivity contribution in [2.75, 3.05) is 0 Å². The third-order valence-electron chi connectivity index (χ3n) is 2.20. The van der Waals surface area contributed by atoms with Gasteiger partial charge >= 0.3 is 0 Å². The number of aryl methyl sites for hydroxylation is 1. The Morgan fingerprint density at radius 3 is 2.94 bits per heavy atom. The number of nitrogens with zero attached hydrogens (tertiary/aromatic N) is 2. The molecule has 0 saturated heterocycles. The van der Waals surface area contributed by atoms with Crippen LogP contribution in [0.15, 0.2) is 39.7 Å². The Bertz CT molecular complexity index is 572. The zero-order chi connectivity index (χ0) is 12.3. The molecule has 0 aromatic carbocycles. The molecule has 1 amide bonds. The van der Waals surface area contributed by atoms with Crippen LogP contribution in [0.2, 0.25) is 0 Å². The van der Waals surface area contributed by atoms with E-state index in [1.165, 1.54) is 25.4 Å². The summed E-state index contributed by atoms with van der Waals surface area (Å²) in [5, 5.41) is 6.47. The first-order valence-corrected chi connectivity index (χ1v) is 5.02.